The third kappa shape index (κ3) is 2.01. The molecule has 12 heavy (non-hydrogen) atoms. The van der Waals surface area contributed by atoms with Crippen LogP contribution in [0.3, 0.4) is 0 Å². The van der Waals surface area contributed by atoms with E-state index in [1.165, 1.54) is 32.2 Å². The number of hydrogen-bond acceptors (Lipinski definition) is 1. The molecular weight excluding hydrogens is 146 g/mol. The van der Waals surface area contributed by atoms with Crippen LogP contribution in [0.15, 0.2) is 0 Å². The molecule has 1 aliphatic carbocycles. The first-order chi connectivity index (χ1) is 5.83. The van der Waals surface area contributed by atoms with E-state index in [1.807, 2.05) is 0 Å². The average Bonchev–Trinajstić information content (AvgIpc) is 2.07. The van der Waals surface area contributed by atoms with E-state index in [0.29, 0.717) is 0 Å². The van der Waals surface area contributed by atoms with Crippen molar-refractivity contribution in [2.45, 2.75) is 39.5 Å². The Morgan fingerprint density at radius 2 is 1.92 bits per heavy atom. The molecule has 0 aromatic heterocycles. The Kier molecular flexibility index (Phi) is 4.07. The third-order valence-electron chi connectivity index (χ3n) is 3.60. The normalized spacial score (nSPS) is 29.0. The molecule has 0 heterocycles. The minimum Gasteiger partial charge on any atom is -0.319 e. The van der Waals surface area contributed by atoms with Gasteiger partial charge in [-0.3, -0.25) is 0 Å². The molecule has 1 heteroatoms. The Labute approximate surface area is 76.9 Å². The van der Waals surface area contributed by atoms with Gasteiger partial charge in [-0.2, -0.15) is 0 Å². The van der Waals surface area contributed by atoms with Gasteiger partial charge in [-0.05, 0) is 44.2 Å². The Hall–Kier alpha value is -0.0400. The fourth-order valence-corrected chi connectivity index (χ4v) is 2.63. The third-order valence-corrected chi connectivity index (χ3v) is 3.60. The topological polar surface area (TPSA) is 12.0 Å². The van der Waals surface area contributed by atoms with Crippen LogP contribution in [0.25, 0.3) is 0 Å². The molecule has 1 aliphatic rings. The van der Waals surface area contributed by atoms with E-state index in [4.69, 9.17) is 0 Å². The molecule has 0 radical (unpaired) electrons. The summed E-state index contributed by atoms with van der Waals surface area (Å²) in [6.45, 7) is 5.91. The maximum absolute atomic E-state index is 3.30. The molecule has 2 atom stereocenters. The van der Waals surface area contributed by atoms with Gasteiger partial charge in [-0.1, -0.05) is 26.7 Å². The van der Waals surface area contributed by atoms with Crippen molar-refractivity contribution in [3.8, 4) is 0 Å². The fraction of sp³-hybridized carbons (Fsp3) is 1.00. The smallest absolute Gasteiger partial charge is 0.00208 e. The van der Waals surface area contributed by atoms with Crippen molar-refractivity contribution in [2.75, 3.05) is 13.6 Å². The maximum atomic E-state index is 3.30. The molecule has 0 aromatic rings. The second kappa shape index (κ2) is 4.86. The van der Waals surface area contributed by atoms with Gasteiger partial charge in [0, 0.05) is 0 Å². The van der Waals surface area contributed by atoms with Gasteiger partial charge in [-0.15, -0.1) is 0 Å². The predicted molar refractivity (Wildman–Crippen MR) is 54.2 cm³/mol. The van der Waals surface area contributed by atoms with Gasteiger partial charge in [0.1, 0.15) is 0 Å². The van der Waals surface area contributed by atoms with Gasteiger partial charge < -0.3 is 5.32 Å². The summed E-state index contributed by atoms with van der Waals surface area (Å²) in [5, 5.41) is 3.30. The molecule has 0 spiro atoms. The van der Waals surface area contributed by atoms with Crippen LogP contribution in [0, 0.1) is 17.8 Å². The lowest BCUT2D eigenvalue weighted by molar-refractivity contribution is 0.0983. The molecule has 2 unspecified atom stereocenters. The van der Waals surface area contributed by atoms with E-state index in [9.17, 15) is 0 Å². The highest BCUT2D eigenvalue weighted by Gasteiger charge is 2.34. The summed E-state index contributed by atoms with van der Waals surface area (Å²) < 4.78 is 0. The zero-order chi connectivity index (χ0) is 8.97. The molecule has 1 saturated carbocycles. The van der Waals surface area contributed by atoms with E-state index in [2.05, 4.69) is 26.2 Å². The zero-order valence-corrected chi connectivity index (χ0v) is 8.77. The summed E-state index contributed by atoms with van der Waals surface area (Å²) in [4.78, 5) is 0. The fourth-order valence-electron chi connectivity index (χ4n) is 2.63. The van der Waals surface area contributed by atoms with E-state index in [1.54, 1.807) is 0 Å². The first kappa shape index (κ1) is 10.0. The molecule has 1 N–H and O–H groups in total. The molecule has 72 valence electrons. The summed E-state index contributed by atoms with van der Waals surface area (Å²) in [7, 11) is 2.07. The summed E-state index contributed by atoms with van der Waals surface area (Å²) in [6, 6.07) is 0. The number of nitrogens with one attached hydrogen (secondary N) is 1. The van der Waals surface area contributed by atoms with Crippen molar-refractivity contribution >= 4 is 0 Å². The minimum atomic E-state index is 0.986. The molecular formula is C11H23N. The lowest BCUT2D eigenvalue weighted by Gasteiger charge is -2.41. The Balaban J connectivity index is 2.30. The molecule has 1 nitrogen and oxygen atoms in total. The Morgan fingerprint density at radius 1 is 1.25 bits per heavy atom. The van der Waals surface area contributed by atoms with Crippen LogP contribution in [0.1, 0.15) is 39.5 Å². The van der Waals surface area contributed by atoms with Gasteiger partial charge in [0.2, 0.25) is 0 Å². The monoisotopic (exact) mass is 169 g/mol. The molecule has 0 aromatic carbocycles. The lowest BCUT2D eigenvalue weighted by atomic mass is 9.65. The molecule has 0 bridgehead atoms. The van der Waals surface area contributed by atoms with Crippen LogP contribution in [0.2, 0.25) is 0 Å². The second-order valence-corrected chi connectivity index (χ2v) is 4.14. The van der Waals surface area contributed by atoms with Crippen molar-refractivity contribution in [3.63, 3.8) is 0 Å². The highest BCUT2D eigenvalue weighted by Crippen LogP contribution is 2.41. The first-order valence-electron chi connectivity index (χ1n) is 5.48. The van der Waals surface area contributed by atoms with E-state index in [-0.39, 0.29) is 0 Å². The van der Waals surface area contributed by atoms with E-state index < -0.39 is 0 Å². The zero-order valence-electron chi connectivity index (χ0n) is 8.77. The van der Waals surface area contributed by atoms with Gasteiger partial charge in [0.15, 0.2) is 0 Å². The summed E-state index contributed by atoms with van der Waals surface area (Å²) in [5.74, 6) is 3.02. The molecule has 0 aliphatic heterocycles. The Morgan fingerprint density at radius 3 is 2.25 bits per heavy atom. The van der Waals surface area contributed by atoms with Crippen molar-refractivity contribution in [3.05, 3.63) is 0 Å². The minimum absolute atomic E-state index is 0.986. The summed E-state index contributed by atoms with van der Waals surface area (Å²) in [6.07, 6.45) is 5.70. The van der Waals surface area contributed by atoms with Gasteiger partial charge in [-0.25, -0.2) is 0 Å². The highest BCUT2D eigenvalue weighted by atomic mass is 14.8. The second-order valence-electron chi connectivity index (χ2n) is 4.14. The molecule has 0 saturated heterocycles. The predicted octanol–water partition coefficient (Wildman–Crippen LogP) is 2.67. The molecule has 1 rings (SSSR count). The lowest BCUT2D eigenvalue weighted by Crippen LogP contribution is -2.38. The van der Waals surface area contributed by atoms with Crippen molar-refractivity contribution < 1.29 is 0 Å². The van der Waals surface area contributed by atoms with Crippen LogP contribution in [-0.4, -0.2) is 13.6 Å². The summed E-state index contributed by atoms with van der Waals surface area (Å²) >= 11 is 0. The van der Waals surface area contributed by atoms with Crippen molar-refractivity contribution in [2.24, 2.45) is 17.8 Å². The van der Waals surface area contributed by atoms with Crippen LogP contribution >= 0.6 is 0 Å². The maximum Gasteiger partial charge on any atom is -0.00208 e. The Bertz CT molecular complexity index is 118. The standard InChI is InChI=1S/C11H23N/c1-4-9(5-2)11-7-6-10(11)8-12-3/h9-12H,4-8H2,1-3H3. The van der Waals surface area contributed by atoms with Crippen LogP contribution < -0.4 is 5.32 Å². The van der Waals surface area contributed by atoms with Crippen LogP contribution in [-0.2, 0) is 0 Å². The number of rotatable bonds is 5. The van der Waals surface area contributed by atoms with Gasteiger partial charge in [0.05, 0.1) is 0 Å². The highest BCUT2D eigenvalue weighted by molar-refractivity contribution is 4.85. The van der Waals surface area contributed by atoms with E-state index in [0.717, 1.165) is 17.8 Å². The largest absolute Gasteiger partial charge is 0.319 e. The van der Waals surface area contributed by atoms with Gasteiger partial charge in [0.25, 0.3) is 0 Å². The molecule has 1 fully saturated rings. The quantitative estimate of drug-likeness (QED) is 0.667. The number of hydrogen-bond donors (Lipinski definition) is 1. The van der Waals surface area contributed by atoms with Crippen LogP contribution in [0.5, 0.6) is 0 Å². The molecule has 0 amide bonds. The van der Waals surface area contributed by atoms with Gasteiger partial charge >= 0.3 is 0 Å². The average molecular weight is 169 g/mol. The first-order valence-corrected chi connectivity index (χ1v) is 5.48. The SMILES string of the molecule is CCC(CC)C1CCC1CNC. The summed E-state index contributed by atoms with van der Waals surface area (Å²) in [5.41, 5.74) is 0. The van der Waals surface area contributed by atoms with Crippen molar-refractivity contribution in [1.29, 1.82) is 0 Å². The van der Waals surface area contributed by atoms with Crippen molar-refractivity contribution in [1.82, 2.24) is 5.32 Å². The van der Waals surface area contributed by atoms with Crippen LogP contribution in [0.4, 0.5) is 0 Å². The van der Waals surface area contributed by atoms with E-state index >= 15 is 0 Å².